The maximum atomic E-state index is 5.37. The van der Waals surface area contributed by atoms with Crippen molar-refractivity contribution in [1.29, 1.82) is 0 Å². The standard InChI is InChI=1S/C13H27NO/c1-13(2,15-3)11-14-10-9-12-7-5-4-6-8-12/h12,14H,4-11H2,1-3H3. The second kappa shape index (κ2) is 6.49. The van der Waals surface area contributed by atoms with Crippen molar-refractivity contribution in [1.82, 2.24) is 5.32 Å². The van der Waals surface area contributed by atoms with Crippen LogP contribution in [-0.4, -0.2) is 25.8 Å². The van der Waals surface area contributed by atoms with Crippen LogP contribution in [0.15, 0.2) is 0 Å². The Morgan fingerprint density at radius 1 is 1.20 bits per heavy atom. The van der Waals surface area contributed by atoms with E-state index in [1.807, 2.05) is 0 Å². The van der Waals surface area contributed by atoms with Crippen LogP contribution in [0, 0.1) is 5.92 Å². The van der Waals surface area contributed by atoms with Crippen LogP contribution >= 0.6 is 0 Å². The fourth-order valence-corrected chi connectivity index (χ4v) is 2.24. The van der Waals surface area contributed by atoms with Gasteiger partial charge >= 0.3 is 0 Å². The maximum Gasteiger partial charge on any atom is 0.0746 e. The molecule has 2 heteroatoms. The largest absolute Gasteiger partial charge is 0.377 e. The minimum absolute atomic E-state index is 0.0213. The fourth-order valence-electron chi connectivity index (χ4n) is 2.24. The Morgan fingerprint density at radius 3 is 2.47 bits per heavy atom. The van der Waals surface area contributed by atoms with Gasteiger partial charge in [-0.05, 0) is 32.7 Å². The molecule has 0 heterocycles. The summed E-state index contributed by atoms with van der Waals surface area (Å²) in [7, 11) is 1.78. The molecule has 0 atom stereocenters. The highest BCUT2D eigenvalue weighted by Crippen LogP contribution is 2.25. The Kier molecular flexibility index (Phi) is 5.62. The smallest absolute Gasteiger partial charge is 0.0746 e. The molecule has 1 aliphatic rings. The minimum atomic E-state index is -0.0213. The van der Waals surface area contributed by atoms with Crippen molar-refractivity contribution in [3.8, 4) is 0 Å². The molecule has 0 bridgehead atoms. The normalized spacial score (nSPS) is 19.4. The highest BCUT2D eigenvalue weighted by molar-refractivity contribution is 4.72. The quantitative estimate of drug-likeness (QED) is 0.685. The summed E-state index contributed by atoms with van der Waals surface area (Å²) in [5.41, 5.74) is -0.0213. The van der Waals surface area contributed by atoms with Gasteiger partial charge in [-0.25, -0.2) is 0 Å². The Labute approximate surface area is 94.8 Å². The van der Waals surface area contributed by atoms with Crippen molar-refractivity contribution >= 4 is 0 Å². The van der Waals surface area contributed by atoms with Crippen LogP contribution in [0.1, 0.15) is 52.4 Å². The zero-order valence-electron chi connectivity index (χ0n) is 10.6. The second-order valence-corrected chi connectivity index (χ2v) is 5.43. The lowest BCUT2D eigenvalue weighted by Gasteiger charge is -2.25. The summed E-state index contributed by atoms with van der Waals surface area (Å²) in [5.74, 6) is 0.983. The van der Waals surface area contributed by atoms with Gasteiger partial charge in [0.05, 0.1) is 5.60 Å². The van der Waals surface area contributed by atoms with Gasteiger partial charge in [0.25, 0.3) is 0 Å². The summed E-state index contributed by atoms with van der Waals surface area (Å²) in [5, 5.41) is 3.50. The summed E-state index contributed by atoms with van der Waals surface area (Å²) in [6.45, 7) is 6.36. The van der Waals surface area contributed by atoms with Gasteiger partial charge in [-0.3, -0.25) is 0 Å². The Morgan fingerprint density at radius 2 is 1.87 bits per heavy atom. The molecule has 2 nitrogen and oxygen atoms in total. The van der Waals surface area contributed by atoms with Crippen LogP contribution in [0.5, 0.6) is 0 Å². The maximum absolute atomic E-state index is 5.37. The van der Waals surface area contributed by atoms with E-state index in [-0.39, 0.29) is 5.60 Å². The SMILES string of the molecule is COC(C)(C)CNCCC1CCCCC1. The predicted molar refractivity (Wildman–Crippen MR) is 65.1 cm³/mol. The van der Waals surface area contributed by atoms with Crippen LogP contribution in [0.3, 0.4) is 0 Å². The van der Waals surface area contributed by atoms with E-state index in [9.17, 15) is 0 Å². The van der Waals surface area contributed by atoms with Crippen molar-refractivity contribution in [3.05, 3.63) is 0 Å². The molecule has 15 heavy (non-hydrogen) atoms. The van der Waals surface area contributed by atoms with E-state index in [4.69, 9.17) is 4.74 Å². The van der Waals surface area contributed by atoms with Crippen LogP contribution in [-0.2, 0) is 4.74 Å². The first-order valence-electron chi connectivity index (χ1n) is 6.40. The number of methoxy groups -OCH3 is 1. The van der Waals surface area contributed by atoms with Crippen molar-refractivity contribution in [2.45, 2.75) is 58.0 Å². The number of rotatable bonds is 6. The molecule has 1 saturated carbocycles. The van der Waals surface area contributed by atoms with Crippen molar-refractivity contribution < 1.29 is 4.74 Å². The summed E-state index contributed by atoms with van der Waals surface area (Å²) in [6, 6.07) is 0. The van der Waals surface area contributed by atoms with Gasteiger partial charge < -0.3 is 10.1 Å². The molecule has 90 valence electrons. The molecule has 0 aromatic rings. The van der Waals surface area contributed by atoms with E-state index in [0.717, 1.165) is 19.0 Å². The van der Waals surface area contributed by atoms with Gasteiger partial charge in [-0.1, -0.05) is 32.1 Å². The molecule has 1 fully saturated rings. The number of nitrogens with one attached hydrogen (secondary N) is 1. The van der Waals surface area contributed by atoms with E-state index in [1.165, 1.54) is 38.5 Å². The first kappa shape index (κ1) is 13.0. The lowest BCUT2D eigenvalue weighted by atomic mass is 9.87. The molecule has 0 aromatic carbocycles. The van der Waals surface area contributed by atoms with Crippen molar-refractivity contribution in [2.24, 2.45) is 5.92 Å². The Bertz CT molecular complexity index is 162. The first-order chi connectivity index (χ1) is 7.14. The third kappa shape index (κ3) is 5.53. The highest BCUT2D eigenvalue weighted by Gasteiger charge is 2.16. The van der Waals surface area contributed by atoms with E-state index >= 15 is 0 Å². The van der Waals surface area contributed by atoms with E-state index < -0.39 is 0 Å². The Hall–Kier alpha value is -0.0800. The molecular formula is C13H27NO. The topological polar surface area (TPSA) is 21.3 Å². The summed E-state index contributed by atoms with van der Waals surface area (Å²) in [6.07, 6.45) is 8.62. The molecule has 0 aromatic heterocycles. The van der Waals surface area contributed by atoms with Gasteiger partial charge in [0, 0.05) is 13.7 Å². The fraction of sp³-hybridized carbons (Fsp3) is 1.00. The Balaban J connectivity index is 2.00. The molecule has 0 saturated heterocycles. The zero-order valence-corrected chi connectivity index (χ0v) is 10.6. The third-order valence-corrected chi connectivity index (χ3v) is 3.56. The molecule has 0 aliphatic heterocycles. The van der Waals surface area contributed by atoms with Gasteiger partial charge in [-0.2, -0.15) is 0 Å². The van der Waals surface area contributed by atoms with Gasteiger partial charge in [0.15, 0.2) is 0 Å². The van der Waals surface area contributed by atoms with Crippen LogP contribution < -0.4 is 5.32 Å². The monoisotopic (exact) mass is 213 g/mol. The first-order valence-corrected chi connectivity index (χ1v) is 6.40. The van der Waals surface area contributed by atoms with Crippen LogP contribution in [0.2, 0.25) is 0 Å². The lowest BCUT2D eigenvalue weighted by molar-refractivity contribution is 0.0231. The van der Waals surface area contributed by atoms with E-state index in [2.05, 4.69) is 19.2 Å². The number of hydrogen-bond acceptors (Lipinski definition) is 2. The zero-order chi connectivity index (χ0) is 11.1. The number of hydrogen-bond donors (Lipinski definition) is 1. The minimum Gasteiger partial charge on any atom is -0.377 e. The summed E-state index contributed by atoms with van der Waals surface area (Å²) < 4.78 is 5.37. The average Bonchev–Trinajstić information content (AvgIpc) is 2.26. The third-order valence-electron chi connectivity index (χ3n) is 3.56. The highest BCUT2D eigenvalue weighted by atomic mass is 16.5. The molecule has 0 spiro atoms. The molecule has 1 N–H and O–H groups in total. The predicted octanol–water partition coefficient (Wildman–Crippen LogP) is 2.97. The van der Waals surface area contributed by atoms with Crippen LogP contribution in [0.25, 0.3) is 0 Å². The molecule has 0 radical (unpaired) electrons. The van der Waals surface area contributed by atoms with Gasteiger partial charge in [-0.15, -0.1) is 0 Å². The summed E-state index contributed by atoms with van der Waals surface area (Å²) >= 11 is 0. The van der Waals surface area contributed by atoms with Gasteiger partial charge in [0.1, 0.15) is 0 Å². The average molecular weight is 213 g/mol. The second-order valence-electron chi connectivity index (χ2n) is 5.43. The molecule has 0 amide bonds. The molecule has 1 rings (SSSR count). The lowest BCUT2D eigenvalue weighted by Crippen LogP contribution is -2.37. The molecular weight excluding hydrogens is 186 g/mol. The number of ether oxygens (including phenoxy) is 1. The van der Waals surface area contributed by atoms with E-state index in [0.29, 0.717) is 0 Å². The molecule has 0 unspecified atom stereocenters. The van der Waals surface area contributed by atoms with E-state index in [1.54, 1.807) is 7.11 Å². The van der Waals surface area contributed by atoms with Crippen molar-refractivity contribution in [3.63, 3.8) is 0 Å². The molecule has 1 aliphatic carbocycles. The van der Waals surface area contributed by atoms with Gasteiger partial charge in [0.2, 0.25) is 0 Å². The van der Waals surface area contributed by atoms with Crippen molar-refractivity contribution in [2.75, 3.05) is 20.2 Å². The van der Waals surface area contributed by atoms with Crippen LogP contribution in [0.4, 0.5) is 0 Å². The summed E-state index contributed by atoms with van der Waals surface area (Å²) in [4.78, 5) is 0.